The monoisotopic (exact) mass is 853 g/mol. The lowest BCUT2D eigenvalue weighted by atomic mass is 9.87. The number of aromatic nitrogens is 4. The normalized spacial score (nSPS) is 21.2. The topological polar surface area (TPSA) is 176 Å². The lowest BCUT2D eigenvalue weighted by Gasteiger charge is -2.27. The van der Waals surface area contributed by atoms with Crippen molar-refractivity contribution in [2.75, 3.05) is 37.9 Å². The molecule has 2 aromatic carbocycles. The van der Waals surface area contributed by atoms with E-state index in [0.717, 1.165) is 127 Å². The third-order valence-corrected chi connectivity index (χ3v) is 15.4. The highest BCUT2D eigenvalue weighted by Crippen LogP contribution is 2.47. The number of piperidine rings is 1. The van der Waals surface area contributed by atoms with E-state index in [2.05, 4.69) is 51.5 Å². The van der Waals surface area contributed by atoms with Crippen LogP contribution in [0.15, 0.2) is 46.9 Å². The number of carbonyl (C=O) groups excluding carboxylic acids is 1. The molecule has 6 aromatic rings. The lowest BCUT2D eigenvalue weighted by Crippen LogP contribution is -2.37. The van der Waals surface area contributed by atoms with Gasteiger partial charge in [-0.05, 0) is 114 Å². The van der Waals surface area contributed by atoms with Gasteiger partial charge >= 0.3 is 5.97 Å². The molecule has 1 amide bonds. The fraction of sp³-hybridized carbons (Fsp3) is 0.378. The van der Waals surface area contributed by atoms with Crippen molar-refractivity contribution < 1.29 is 24.2 Å². The minimum Gasteiger partial charge on any atom is -0.495 e. The average Bonchev–Trinajstić information content (AvgIpc) is 3.89. The highest BCUT2D eigenvalue weighted by molar-refractivity contribution is 7.19. The first kappa shape index (κ1) is 38.0. The van der Waals surface area contributed by atoms with E-state index in [1.54, 1.807) is 49.5 Å². The Kier molecular flexibility index (Phi) is 9.44. The maximum atomic E-state index is 13.1. The largest absolute Gasteiger partial charge is 0.495 e. The van der Waals surface area contributed by atoms with E-state index < -0.39 is 5.97 Å². The third kappa shape index (κ3) is 6.85. The first-order valence-corrected chi connectivity index (χ1v) is 22.4. The van der Waals surface area contributed by atoms with Gasteiger partial charge in [-0.25, -0.2) is 19.9 Å². The second-order valence-corrected chi connectivity index (χ2v) is 18.9. The molecule has 4 atom stereocenters. The van der Waals surface area contributed by atoms with E-state index in [-0.39, 0.29) is 11.8 Å². The molecule has 3 N–H and O–H groups in total. The maximum Gasteiger partial charge on any atom is 0.306 e. The van der Waals surface area contributed by atoms with Crippen LogP contribution in [0.4, 0.5) is 23.0 Å². The van der Waals surface area contributed by atoms with Crippen LogP contribution >= 0.6 is 22.7 Å². The number of nitrogens with one attached hydrogen (secondary N) is 2. The Labute approximate surface area is 359 Å². The fourth-order valence-corrected chi connectivity index (χ4v) is 12.3. The van der Waals surface area contributed by atoms with E-state index in [4.69, 9.17) is 9.47 Å². The second-order valence-electron chi connectivity index (χ2n) is 16.7. The van der Waals surface area contributed by atoms with E-state index in [9.17, 15) is 14.7 Å². The van der Waals surface area contributed by atoms with Crippen LogP contribution in [-0.4, -0.2) is 81.6 Å². The van der Waals surface area contributed by atoms with Gasteiger partial charge in [-0.15, -0.1) is 22.7 Å². The minimum absolute atomic E-state index is 0.100. The number of fused-ring (bicyclic) bond motifs is 9. The van der Waals surface area contributed by atoms with Crippen LogP contribution in [0.1, 0.15) is 62.4 Å². The number of anilines is 4. The van der Waals surface area contributed by atoms with Gasteiger partial charge in [0.15, 0.2) is 0 Å². The summed E-state index contributed by atoms with van der Waals surface area (Å²) in [5.41, 5.74) is 8.67. The number of rotatable bonds is 8. The number of thiophene rings is 2. The number of carboxylic acid groups (broad SMARTS) is 1. The highest BCUT2D eigenvalue weighted by Gasteiger charge is 2.47. The maximum absolute atomic E-state index is 13.1. The number of aliphatic imine (C=N–C) groups is 2. The number of likely N-dealkylation sites (tertiary alicyclic amines) is 1. The highest BCUT2D eigenvalue weighted by atomic mass is 32.1. The molecule has 4 aromatic heterocycles. The van der Waals surface area contributed by atoms with Gasteiger partial charge in [0.25, 0.3) is 0 Å². The molecule has 14 nitrogen and oxygen atoms in total. The van der Waals surface area contributed by atoms with Gasteiger partial charge in [0, 0.05) is 41.2 Å². The van der Waals surface area contributed by atoms with Crippen LogP contribution < -0.4 is 20.1 Å². The molecule has 3 aliphatic heterocycles. The Morgan fingerprint density at radius 3 is 1.74 bits per heavy atom. The quantitative estimate of drug-likeness (QED) is 0.138. The lowest BCUT2D eigenvalue weighted by molar-refractivity contribution is -0.142. The summed E-state index contributed by atoms with van der Waals surface area (Å²) in [4.78, 5) is 57.7. The Balaban J connectivity index is 0.000000140. The van der Waals surface area contributed by atoms with Crippen LogP contribution in [0.25, 0.3) is 20.4 Å². The van der Waals surface area contributed by atoms with Crippen LogP contribution in [0.2, 0.25) is 0 Å². The Bertz CT molecular complexity index is 2840. The molecule has 310 valence electrons. The van der Waals surface area contributed by atoms with Gasteiger partial charge < -0.3 is 30.1 Å². The number of carboxylic acids is 1. The van der Waals surface area contributed by atoms with Gasteiger partial charge in [-0.2, -0.15) is 0 Å². The Morgan fingerprint density at radius 2 is 1.23 bits per heavy atom. The van der Waals surface area contributed by atoms with Crippen molar-refractivity contribution in [3.8, 4) is 11.5 Å². The van der Waals surface area contributed by atoms with Gasteiger partial charge in [-0.1, -0.05) is 0 Å². The standard InChI is InChI=1S/C25H25N5O2S.C20H18N4O3S/c1-32-20-6-15-9-26-8-14(15)5-19(20)29-23-22-18-3-2-13(7-21(18)33-24(22)28-12-27-23)25(31)30-10-16-4-17(16)11-30;1-27-15-5-12-8-21-7-11(12)4-14(15)24-18-17-13-3-2-10(20(25)26)6-16(13)28-19(17)23-9-22-18/h5-6,8,12-13,16-17H,2-4,7,9-11H2,1H3,(H,27,28,29);4-5,7,9-10H,2-3,6,8H2,1H3,(H,25,26)(H,22,23,24)/t13-,16?,17?;10-/m00/s1. The van der Waals surface area contributed by atoms with Gasteiger partial charge in [-0.3, -0.25) is 19.6 Å². The van der Waals surface area contributed by atoms with Crippen molar-refractivity contribution in [1.82, 2.24) is 24.8 Å². The van der Waals surface area contributed by atoms with E-state index in [1.165, 1.54) is 28.0 Å². The summed E-state index contributed by atoms with van der Waals surface area (Å²) in [6, 6.07) is 8.15. The zero-order valence-electron chi connectivity index (χ0n) is 33.7. The molecule has 0 spiro atoms. The van der Waals surface area contributed by atoms with Crippen LogP contribution in [0.5, 0.6) is 11.5 Å². The summed E-state index contributed by atoms with van der Waals surface area (Å²) in [6.07, 6.45) is 12.8. The number of aryl methyl sites for hydroxylation is 2. The number of hydrogen-bond acceptors (Lipinski definition) is 14. The summed E-state index contributed by atoms with van der Waals surface area (Å²) in [5.74, 6) is 4.03. The molecule has 0 radical (unpaired) electrons. The van der Waals surface area contributed by atoms with Crippen molar-refractivity contribution in [3.63, 3.8) is 0 Å². The summed E-state index contributed by atoms with van der Waals surface area (Å²) in [6.45, 7) is 3.32. The van der Waals surface area contributed by atoms with Crippen LogP contribution in [-0.2, 0) is 48.4 Å². The SMILES string of the molecule is COc1cc2c(cc1Nc1ncnc3sc4c(c13)CC[C@H](C(=O)N1CC3CC3C1)C4)C=NC2.COc1cc2c(cc1Nc1ncnc3sc4c(c13)CC[C@H](C(=O)O)C4)C=NC2. The number of methoxy groups -OCH3 is 2. The molecular formula is C45H43N9O5S2. The molecule has 7 heterocycles. The molecule has 61 heavy (non-hydrogen) atoms. The number of hydrogen-bond donors (Lipinski definition) is 3. The van der Waals surface area contributed by atoms with Gasteiger partial charge in [0.05, 0.1) is 55.4 Å². The van der Waals surface area contributed by atoms with E-state index in [0.29, 0.717) is 31.8 Å². The summed E-state index contributed by atoms with van der Waals surface area (Å²) in [7, 11) is 3.34. The molecule has 12 rings (SSSR count). The molecule has 2 fully saturated rings. The number of carbonyl (C=O) groups is 2. The Morgan fingerprint density at radius 1 is 0.721 bits per heavy atom. The first-order chi connectivity index (χ1) is 29.8. The second kappa shape index (κ2) is 15.2. The minimum atomic E-state index is -0.725. The number of ether oxygens (including phenoxy) is 2. The molecule has 1 saturated heterocycles. The first-order valence-electron chi connectivity index (χ1n) is 20.8. The molecule has 16 heteroatoms. The van der Waals surface area contributed by atoms with Gasteiger partial charge in [0.1, 0.15) is 45.5 Å². The molecule has 0 bridgehead atoms. The van der Waals surface area contributed by atoms with Crippen molar-refractivity contribution >= 4 is 90.4 Å². The fourth-order valence-electron chi connectivity index (χ4n) is 9.73. The van der Waals surface area contributed by atoms with Crippen molar-refractivity contribution in [2.24, 2.45) is 33.7 Å². The smallest absolute Gasteiger partial charge is 0.306 e. The Hall–Kier alpha value is -6.00. The average molecular weight is 854 g/mol. The van der Waals surface area contributed by atoms with Crippen molar-refractivity contribution in [2.45, 2.75) is 58.0 Å². The van der Waals surface area contributed by atoms with Crippen molar-refractivity contribution in [3.05, 3.63) is 80.1 Å². The number of nitrogens with zero attached hydrogens (tertiary/aromatic N) is 7. The number of aliphatic carboxylic acids is 1. The number of benzene rings is 2. The molecule has 6 aliphatic rings. The van der Waals surface area contributed by atoms with E-state index in [1.807, 2.05) is 30.6 Å². The summed E-state index contributed by atoms with van der Waals surface area (Å²) >= 11 is 3.28. The zero-order chi connectivity index (χ0) is 41.4. The molecule has 1 saturated carbocycles. The van der Waals surface area contributed by atoms with Crippen LogP contribution in [0, 0.1) is 23.7 Å². The third-order valence-electron chi connectivity index (χ3n) is 13.1. The van der Waals surface area contributed by atoms with Crippen LogP contribution in [0.3, 0.4) is 0 Å². The number of amides is 1. The summed E-state index contributed by atoms with van der Waals surface area (Å²) in [5, 5.41) is 18.4. The predicted octanol–water partition coefficient (Wildman–Crippen LogP) is 7.52. The van der Waals surface area contributed by atoms with Crippen molar-refractivity contribution in [1.29, 1.82) is 0 Å². The molecule has 2 unspecified atom stereocenters. The summed E-state index contributed by atoms with van der Waals surface area (Å²) < 4.78 is 11.2. The molecular weight excluding hydrogens is 811 g/mol. The zero-order valence-corrected chi connectivity index (χ0v) is 35.4. The van der Waals surface area contributed by atoms with Gasteiger partial charge in [0.2, 0.25) is 5.91 Å². The molecule has 3 aliphatic carbocycles. The van der Waals surface area contributed by atoms with E-state index >= 15 is 0 Å². The predicted molar refractivity (Wildman–Crippen MR) is 237 cm³/mol.